The summed E-state index contributed by atoms with van der Waals surface area (Å²) in [4.78, 5) is 25.7. The van der Waals surface area contributed by atoms with Crippen molar-refractivity contribution in [1.82, 2.24) is 20.2 Å². The van der Waals surface area contributed by atoms with E-state index in [0.717, 1.165) is 11.8 Å². The van der Waals surface area contributed by atoms with Crippen molar-refractivity contribution in [2.24, 2.45) is 0 Å². The molecule has 3 aromatic rings. The molecule has 5 rings (SSSR count). The number of aliphatic hydroxyl groups excluding tert-OH is 1. The molecular weight excluding hydrogens is 539 g/mol. The number of ether oxygens (including phenoxy) is 1. The van der Waals surface area contributed by atoms with Crippen molar-refractivity contribution in [3.8, 4) is 17.0 Å². The Labute approximate surface area is 232 Å². The summed E-state index contributed by atoms with van der Waals surface area (Å²) in [6, 6.07) is 4.70. The zero-order chi connectivity index (χ0) is 28.8. The first-order valence-corrected chi connectivity index (χ1v) is 14.9. The molecule has 2 aliphatic heterocycles. The summed E-state index contributed by atoms with van der Waals surface area (Å²) in [5.74, 6) is -0.552. The van der Waals surface area contributed by atoms with Crippen LogP contribution in [-0.4, -0.2) is 93.0 Å². The minimum Gasteiger partial charge on any atom is -0.475 e. The Balaban J connectivity index is 1.58. The molecule has 3 N–H and O–H groups in total. The van der Waals surface area contributed by atoms with Gasteiger partial charge in [-0.1, -0.05) is 13.8 Å². The average Bonchev–Trinajstić information content (AvgIpc) is 3.08. The van der Waals surface area contributed by atoms with Crippen LogP contribution in [0.25, 0.3) is 22.0 Å². The predicted molar refractivity (Wildman–Crippen MR) is 151 cm³/mol. The highest BCUT2D eigenvalue weighted by atomic mass is 32.2. The fraction of sp³-hybridized carbons (Fsp3) is 0.444. The molecule has 214 valence electrons. The number of benzene rings is 1. The van der Waals surface area contributed by atoms with Gasteiger partial charge in [-0.2, -0.15) is 0 Å². The summed E-state index contributed by atoms with van der Waals surface area (Å²) in [5, 5.41) is 13.2. The number of carbonyl (C=O) groups excluding carboxylic acids is 1. The Bertz CT molecular complexity index is 1580. The van der Waals surface area contributed by atoms with Crippen LogP contribution in [0.4, 0.5) is 15.8 Å². The van der Waals surface area contributed by atoms with Gasteiger partial charge in [0.25, 0.3) is 0 Å². The molecule has 1 aromatic carbocycles. The van der Waals surface area contributed by atoms with Gasteiger partial charge in [-0.3, -0.25) is 19.4 Å². The van der Waals surface area contributed by atoms with Gasteiger partial charge in [-0.25, -0.2) is 17.8 Å². The van der Waals surface area contributed by atoms with Crippen LogP contribution in [0.2, 0.25) is 0 Å². The number of anilines is 2. The number of aliphatic hydroxyl groups is 1. The normalized spacial score (nSPS) is 16.6. The summed E-state index contributed by atoms with van der Waals surface area (Å²) in [6.45, 7) is 6.11. The molecule has 1 fully saturated rings. The number of hydrogen-bond acceptors (Lipinski definition) is 9. The third-order valence-corrected chi connectivity index (χ3v) is 7.84. The summed E-state index contributed by atoms with van der Waals surface area (Å²) in [7, 11) is -1.98. The van der Waals surface area contributed by atoms with Gasteiger partial charge < -0.3 is 20.1 Å². The zero-order valence-corrected chi connectivity index (χ0v) is 23.7. The Hall–Kier alpha value is -3.39. The van der Waals surface area contributed by atoms with Crippen molar-refractivity contribution in [2.45, 2.75) is 25.3 Å². The van der Waals surface area contributed by atoms with Gasteiger partial charge in [0.05, 0.1) is 30.3 Å². The number of fused-ring (bicyclic) bond motifs is 4. The van der Waals surface area contributed by atoms with Crippen LogP contribution in [-0.2, 0) is 20.2 Å². The smallest absolute Gasteiger partial charge is 0.240 e. The monoisotopic (exact) mass is 572 g/mol. The Morgan fingerprint density at radius 1 is 1.20 bits per heavy atom. The Kier molecular flexibility index (Phi) is 7.42. The lowest BCUT2D eigenvalue weighted by Crippen LogP contribution is -2.64. The topological polar surface area (TPSA) is 137 Å². The molecule has 13 heteroatoms. The molecule has 1 spiro atoms. The number of hydrogen-bond donors (Lipinski definition) is 3. The molecule has 40 heavy (non-hydrogen) atoms. The van der Waals surface area contributed by atoms with Gasteiger partial charge in [-0.05, 0) is 12.1 Å². The largest absolute Gasteiger partial charge is 0.475 e. The number of aromatic nitrogens is 2. The number of pyridine rings is 2. The molecule has 0 radical (unpaired) electrons. The highest BCUT2D eigenvalue weighted by Gasteiger charge is 2.57. The number of amides is 1. The number of likely N-dealkylation sites (N-methyl/N-ethyl adjacent to an activating group) is 1. The summed E-state index contributed by atoms with van der Waals surface area (Å²) < 4.78 is 47.8. The second kappa shape index (κ2) is 10.5. The van der Waals surface area contributed by atoms with Crippen molar-refractivity contribution >= 4 is 38.2 Å². The fourth-order valence-corrected chi connectivity index (χ4v) is 6.06. The third-order valence-electron chi connectivity index (χ3n) is 7.24. The Morgan fingerprint density at radius 3 is 2.62 bits per heavy atom. The minimum absolute atomic E-state index is 0.00971. The molecule has 2 aliphatic rings. The van der Waals surface area contributed by atoms with Gasteiger partial charge in [0.15, 0.2) is 0 Å². The van der Waals surface area contributed by atoms with Crippen LogP contribution < -0.4 is 19.7 Å². The standard InChI is InChI=1S/C27H33FN6O5S/c1-16(2)29-5-8-39-25-22(32-40(4,37)38)9-17(12-31-25)18-10-19-21(11-20(18)28)30-13-23-24(19)27(26(36)33(23)3)14-34(15-27)6-7-35/h9-13,16,29,32,35H,5-8,14-15H2,1-4H3. The van der Waals surface area contributed by atoms with E-state index in [1.807, 2.05) is 18.7 Å². The second-order valence-electron chi connectivity index (χ2n) is 10.7. The molecule has 0 saturated carbocycles. The van der Waals surface area contributed by atoms with E-state index >= 15 is 4.39 Å². The van der Waals surface area contributed by atoms with Crippen molar-refractivity contribution < 1.29 is 27.4 Å². The molecule has 0 bridgehead atoms. The number of sulfonamides is 1. The van der Waals surface area contributed by atoms with E-state index in [1.54, 1.807) is 24.2 Å². The molecule has 2 aromatic heterocycles. The molecule has 1 saturated heterocycles. The van der Waals surface area contributed by atoms with E-state index in [2.05, 4.69) is 20.0 Å². The van der Waals surface area contributed by atoms with Crippen molar-refractivity contribution in [3.63, 3.8) is 0 Å². The molecule has 11 nitrogen and oxygen atoms in total. The van der Waals surface area contributed by atoms with Gasteiger partial charge in [-0.15, -0.1) is 0 Å². The predicted octanol–water partition coefficient (Wildman–Crippen LogP) is 1.71. The zero-order valence-electron chi connectivity index (χ0n) is 22.9. The van der Waals surface area contributed by atoms with Crippen LogP contribution in [0, 0.1) is 5.82 Å². The molecule has 1 amide bonds. The lowest BCUT2D eigenvalue weighted by Gasteiger charge is -2.46. The van der Waals surface area contributed by atoms with Gasteiger partial charge in [0.1, 0.15) is 23.5 Å². The van der Waals surface area contributed by atoms with Crippen molar-refractivity contribution in [1.29, 1.82) is 0 Å². The third kappa shape index (κ3) is 5.09. The number of halogens is 1. The number of likely N-dealkylation sites (tertiary alicyclic amines) is 1. The Morgan fingerprint density at radius 2 is 1.95 bits per heavy atom. The maximum absolute atomic E-state index is 15.5. The molecule has 0 atom stereocenters. The van der Waals surface area contributed by atoms with Gasteiger partial charge >= 0.3 is 0 Å². The fourth-order valence-electron chi connectivity index (χ4n) is 5.51. The highest BCUT2D eigenvalue weighted by molar-refractivity contribution is 7.92. The van der Waals surface area contributed by atoms with Gasteiger partial charge in [0, 0.05) is 73.6 Å². The number of nitrogens with one attached hydrogen (secondary N) is 2. The number of nitrogens with zero attached hydrogens (tertiary/aromatic N) is 4. The van der Waals surface area contributed by atoms with Crippen LogP contribution in [0.5, 0.6) is 5.88 Å². The van der Waals surface area contributed by atoms with Crippen molar-refractivity contribution in [3.05, 3.63) is 42.0 Å². The maximum Gasteiger partial charge on any atom is 0.240 e. The summed E-state index contributed by atoms with van der Waals surface area (Å²) >= 11 is 0. The molecule has 0 aliphatic carbocycles. The maximum atomic E-state index is 15.5. The first-order valence-electron chi connectivity index (χ1n) is 13.0. The molecule has 4 heterocycles. The minimum atomic E-state index is -3.68. The van der Waals surface area contributed by atoms with Crippen LogP contribution in [0.3, 0.4) is 0 Å². The first-order chi connectivity index (χ1) is 18.9. The average molecular weight is 573 g/mol. The molecule has 0 unspecified atom stereocenters. The number of rotatable bonds is 10. The first kappa shape index (κ1) is 28.1. The van der Waals surface area contributed by atoms with E-state index < -0.39 is 21.3 Å². The summed E-state index contributed by atoms with van der Waals surface area (Å²) in [6.07, 6.45) is 4.04. The highest BCUT2D eigenvalue weighted by Crippen LogP contribution is 2.50. The SMILES string of the molecule is CC(C)NCCOc1ncc(-c2cc3c4c(cnc3cc2F)N(C)C(=O)C42CN(CCO)C2)cc1NS(C)(=O)=O. The lowest BCUT2D eigenvalue weighted by atomic mass is 9.73. The van der Waals surface area contributed by atoms with Crippen LogP contribution in [0.15, 0.2) is 30.6 Å². The van der Waals surface area contributed by atoms with E-state index in [4.69, 9.17) is 4.74 Å². The quantitative estimate of drug-likeness (QED) is 0.310. The summed E-state index contributed by atoms with van der Waals surface area (Å²) in [5.41, 5.74) is 1.64. The van der Waals surface area contributed by atoms with E-state index in [0.29, 0.717) is 48.3 Å². The second-order valence-corrected chi connectivity index (χ2v) is 12.4. The number of β-amino-alcohol motifs (C(OH)–C–C–N with tert-alkyl or cyclic N) is 1. The van der Waals surface area contributed by atoms with Crippen molar-refractivity contribution in [2.75, 3.05) is 62.3 Å². The van der Waals surface area contributed by atoms with E-state index in [1.165, 1.54) is 18.3 Å². The lowest BCUT2D eigenvalue weighted by molar-refractivity contribution is -0.129. The van der Waals surface area contributed by atoms with Crippen LogP contribution in [0.1, 0.15) is 19.4 Å². The number of carbonyl (C=O) groups is 1. The van der Waals surface area contributed by atoms with E-state index in [9.17, 15) is 18.3 Å². The van der Waals surface area contributed by atoms with E-state index in [-0.39, 0.29) is 42.3 Å². The van der Waals surface area contributed by atoms with Gasteiger partial charge in [0.2, 0.25) is 21.8 Å². The molecular formula is C27H33FN6O5S. The van der Waals surface area contributed by atoms with Crippen LogP contribution >= 0.6 is 0 Å².